The van der Waals surface area contributed by atoms with Gasteiger partial charge in [-0.3, -0.25) is 9.98 Å². The number of aliphatic imine (C=N–C) groups is 1. The van der Waals surface area contributed by atoms with Crippen molar-refractivity contribution in [1.29, 1.82) is 0 Å². The Bertz CT molecular complexity index is 1010. The summed E-state index contributed by atoms with van der Waals surface area (Å²) in [6, 6.07) is 16.9. The molecule has 3 nitrogen and oxygen atoms in total. The summed E-state index contributed by atoms with van der Waals surface area (Å²) in [5.74, 6) is 0.868. The number of aryl methyl sites for hydroxylation is 1. The minimum atomic E-state index is 0.0865. The van der Waals surface area contributed by atoms with Crippen molar-refractivity contribution in [3.05, 3.63) is 93.2 Å². The van der Waals surface area contributed by atoms with Gasteiger partial charge in [-0.2, -0.15) is 0 Å². The van der Waals surface area contributed by atoms with Crippen molar-refractivity contribution in [2.45, 2.75) is 31.7 Å². The molecule has 1 aliphatic heterocycles. The van der Waals surface area contributed by atoms with Crippen LogP contribution < -0.4 is 4.74 Å². The van der Waals surface area contributed by atoms with Crippen LogP contribution in [0.15, 0.2) is 65.9 Å². The number of methoxy groups -OCH3 is 1. The SMILES string of the molecule is COc1ccc2c(c1)C(CCc1ccccc1)N=C(Cc1c(Cl)cncc1Cl)C2. The first-order valence-corrected chi connectivity index (χ1v) is 10.4. The predicted molar refractivity (Wildman–Crippen MR) is 120 cm³/mol. The summed E-state index contributed by atoms with van der Waals surface area (Å²) in [6.07, 6.45) is 6.60. The second-order valence-electron chi connectivity index (χ2n) is 7.24. The fourth-order valence-electron chi connectivity index (χ4n) is 3.81. The van der Waals surface area contributed by atoms with Crippen LogP contribution in [0, 0.1) is 0 Å². The van der Waals surface area contributed by atoms with Crippen molar-refractivity contribution in [2.24, 2.45) is 4.99 Å². The number of nitrogens with zero attached hydrogens (tertiary/aromatic N) is 2. The van der Waals surface area contributed by atoms with Crippen molar-refractivity contribution in [3.8, 4) is 5.75 Å². The molecule has 5 heteroatoms. The van der Waals surface area contributed by atoms with Crippen LogP contribution in [0.4, 0.5) is 0 Å². The minimum absolute atomic E-state index is 0.0865. The maximum absolute atomic E-state index is 6.35. The molecule has 0 aliphatic carbocycles. The first kappa shape index (κ1) is 19.9. The molecule has 0 spiro atoms. The van der Waals surface area contributed by atoms with Crippen LogP contribution in [0.25, 0.3) is 0 Å². The Morgan fingerprint density at radius 1 is 1.03 bits per heavy atom. The van der Waals surface area contributed by atoms with Crippen LogP contribution in [-0.4, -0.2) is 17.8 Å². The van der Waals surface area contributed by atoms with Gasteiger partial charge in [-0.05, 0) is 47.2 Å². The Morgan fingerprint density at radius 3 is 2.52 bits per heavy atom. The zero-order valence-corrected chi connectivity index (χ0v) is 17.7. The molecule has 1 aliphatic rings. The van der Waals surface area contributed by atoms with Gasteiger partial charge in [0.25, 0.3) is 0 Å². The van der Waals surface area contributed by atoms with E-state index in [-0.39, 0.29) is 6.04 Å². The van der Waals surface area contributed by atoms with Crippen molar-refractivity contribution in [3.63, 3.8) is 0 Å². The smallest absolute Gasteiger partial charge is 0.119 e. The van der Waals surface area contributed by atoms with E-state index in [0.717, 1.165) is 36.3 Å². The highest BCUT2D eigenvalue weighted by Gasteiger charge is 2.23. The topological polar surface area (TPSA) is 34.5 Å². The molecular formula is C24H22Cl2N2O. The van der Waals surface area contributed by atoms with Gasteiger partial charge in [0.15, 0.2) is 0 Å². The first-order chi connectivity index (χ1) is 14.1. The predicted octanol–water partition coefficient (Wildman–Crippen LogP) is 6.31. The molecule has 0 amide bonds. The lowest BCUT2D eigenvalue weighted by molar-refractivity contribution is 0.413. The third-order valence-electron chi connectivity index (χ3n) is 5.33. The third-order valence-corrected chi connectivity index (χ3v) is 5.98. The molecule has 1 atom stereocenters. The molecule has 148 valence electrons. The summed E-state index contributed by atoms with van der Waals surface area (Å²) >= 11 is 12.7. The average molecular weight is 425 g/mol. The molecule has 2 aromatic carbocycles. The maximum atomic E-state index is 6.35. The number of rotatable bonds is 6. The van der Waals surface area contributed by atoms with Crippen LogP contribution >= 0.6 is 23.2 Å². The van der Waals surface area contributed by atoms with Crippen LogP contribution in [0.5, 0.6) is 5.75 Å². The maximum Gasteiger partial charge on any atom is 0.119 e. The van der Waals surface area contributed by atoms with Gasteiger partial charge in [0.05, 0.1) is 23.2 Å². The highest BCUT2D eigenvalue weighted by molar-refractivity contribution is 6.36. The third kappa shape index (κ3) is 4.63. The molecule has 0 bridgehead atoms. The lowest BCUT2D eigenvalue weighted by Gasteiger charge is -2.25. The molecule has 0 saturated heterocycles. The van der Waals surface area contributed by atoms with E-state index in [1.54, 1.807) is 19.5 Å². The normalized spacial score (nSPS) is 15.6. The van der Waals surface area contributed by atoms with Crippen LogP contribution in [0.1, 0.15) is 34.7 Å². The van der Waals surface area contributed by atoms with Gasteiger partial charge in [-0.25, -0.2) is 0 Å². The highest BCUT2D eigenvalue weighted by Crippen LogP contribution is 2.35. The van der Waals surface area contributed by atoms with E-state index in [1.165, 1.54) is 16.7 Å². The Morgan fingerprint density at radius 2 is 1.79 bits per heavy atom. The second kappa shape index (κ2) is 8.98. The zero-order valence-electron chi connectivity index (χ0n) is 16.2. The van der Waals surface area contributed by atoms with Gasteiger partial charge in [0, 0.05) is 30.9 Å². The lowest BCUT2D eigenvalue weighted by Crippen LogP contribution is -2.18. The van der Waals surface area contributed by atoms with Crippen molar-refractivity contribution < 1.29 is 4.74 Å². The van der Waals surface area contributed by atoms with Crippen LogP contribution in [0.2, 0.25) is 10.0 Å². The molecule has 1 unspecified atom stereocenters. The van der Waals surface area contributed by atoms with Crippen molar-refractivity contribution in [1.82, 2.24) is 4.98 Å². The van der Waals surface area contributed by atoms with E-state index in [1.807, 2.05) is 12.1 Å². The molecule has 4 rings (SSSR count). The van der Waals surface area contributed by atoms with Gasteiger partial charge < -0.3 is 4.74 Å². The van der Waals surface area contributed by atoms with E-state index in [0.29, 0.717) is 16.5 Å². The summed E-state index contributed by atoms with van der Waals surface area (Å²) < 4.78 is 5.46. The van der Waals surface area contributed by atoms with Crippen LogP contribution in [-0.2, 0) is 19.3 Å². The van der Waals surface area contributed by atoms with Gasteiger partial charge in [0.1, 0.15) is 5.75 Å². The summed E-state index contributed by atoms with van der Waals surface area (Å²) in [6.45, 7) is 0. The molecule has 0 saturated carbocycles. The van der Waals surface area contributed by atoms with Crippen molar-refractivity contribution in [2.75, 3.05) is 7.11 Å². The Labute approximate surface area is 181 Å². The number of hydrogen-bond acceptors (Lipinski definition) is 3. The van der Waals surface area contributed by atoms with Crippen LogP contribution in [0.3, 0.4) is 0 Å². The summed E-state index contributed by atoms with van der Waals surface area (Å²) in [5.41, 5.74) is 5.84. The summed E-state index contributed by atoms with van der Waals surface area (Å²) in [7, 11) is 1.70. The summed E-state index contributed by atoms with van der Waals surface area (Å²) in [5, 5.41) is 1.17. The number of benzene rings is 2. The zero-order chi connectivity index (χ0) is 20.2. The summed E-state index contributed by atoms with van der Waals surface area (Å²) in [4.78, 5) is 9.17. The monoisotopic (exact) mass is 424 g/mol. The molecule has 3 aromatic rings. The lowest BCUT2D eigenvalue weighted by atomic mass is 9.88. The fourth-order valence-corrected chi connectivity index (χ4v) is 4.31. The highest BCUT2D eigenvalue weighted by atomic mass is 35.5. The van der Waals surface area contributed by atoms with Gasteiger partial charge >= 0.3 is 0 Å². The molecule has 0 fully saturated rings. The van der Waals surface area contributed by atoms with Gasteiger partial charge in [-0.1, -0.05) is 59.6 Å². The molecule has 2 heterocycles. The molecule has 1 aromatic heterocycles. The second-order valence-corrected chi connectivity index (χ2v) is 8.05. The molecule has 0 N–H and O–H groups in total. The number of pyridine rings is 1. The van der Waals surface area contributed by atoms with Gasteiger partial charge in [0.2, 0.25) is 0 Å². The minimum Gasteiger partial charge on any atom is -0.497 e. The number of aromatic nitrogens is 1. The number of ether oxygens (including phenoxy) is 1. The van der Waals surface area contributed by atoms with E-state index >= 15 is 0 Å². The number of hydrogen-bond donors (Lipinski definition) is 0. The average Bonchev–Trinajstić information content (AvgIpc) is 2.75. The number of fused-ring (bicyclic) bond motifs is 1. The van der Waals surface area contributed by atoms with Gasteiger partial charge in [-0.15, -0.1) is 0 Å². The molecule has 29 heavy (non-hydrogen) atoms. The van der Waals surface area contributed by atoms with Crippen molar-refractivity contribution >= 4 is 28.9 Å². The standard InChI is InChI=1S/C24H22Cl2N2O/c1-29-19-9-8-17-11-18(12-21-22(25)14-27-15-23(21)26)28-24(20(17)13-19)10-7-16-5-3-2-4-6-16/h2-6,8-9,13-15,24H,7,10-12H2,1H3. The van der Waals surface area contributed by atoms with E-state index in [9.17, 15) is 0 Å². The first-order valence-electron chi connectivity index (χ1n) is 9.68. The quantitative estimate of drug-likeness (QED) is 0.464. The number of halogens is 2. The Kier molecular flexibility index (Phi) is 6.17. The largest absolute Gasteiger partial charge is 0.497 e. The molecular weight excluding hydrogens is 403 g/mol. The molecule has 0 radical (unpaired) electrons. The van der Waals surface area contributed by atoms with E-state index < -0.39 is 0 Å². The van der Waals surface area contributed by atoms with E-state index in [2.05, 4.69) is 41.4 Å². The Balaban J connectivity index is 1.63. The van der Waals surface area contributed by atoms with E-state index in [4.69, 9.17) is 32.9 Å². The fraction of sp³-hybridized carbons (Fsp3) is 0.250. The Hall–Kier alpha value is -2.36.